The lowest BCUT2D eigenvalue weighted by atomic mass is 10.1. The number of amides is 1. The number of likely N-dealkylation sites (N-methyl/N-ethyl adjacent to an activating group) is 1. The van der Waals surface area contributed by atoms with Gasteiger partial charge in [0, 0.05) is 26.1 Å². The van der Waals surface area contributed by atoms with Crippen LogP contribution in [0.3, 0.4) is 0 Å². The van der Waals surface area contributed by atoms with Gasteiger partial charge in [0.1, 0.15) is 0 Å². The Labute approximate surface area is 142 Å². The molecule has 1 aromatic carbocycles. The van der Waals surface area contributed by atoms with Crippen molar-refractivity contribution in [1.82, 2.24) is 9.80 Å². The van der Waals surface area contributed by atoms with Crippen LogP contribution in [0.15, 0.2) is 24.3 Å². The van der Waals surface area contributed by atoms with Crippen molar-refractivity contribution >= 4 is 5.91 Å². The molecule has 0 fully saturated rings. The molecule has 0 aliphatic rings. The van der Waals surface area contributed by atoms with Gasteiger partial charge in [0.05, 0.1) is 5.56 Å². The maximum Gasteiger partial charge on any atom is 0.416 e. The number of alkyl halides is 3. The molecule has 0 unspecified atom stereocenters. The minimum atomic E-state index is -4.37. The summed E-state index contributed by atoms with van der Waals surface area (Å²) in [7, 11) is 3.81. The van der Waals surface area contributed by atoms with Gasteiger partial charge in [-0.2, -0.15) is 13.2 Å². The average Bonchev–Trinajstić information content (AvgIpc) is 2.48. The summed E-state index contributed by atoms with van der Waals surface area (Å²) >= 11 is 0. The highest BCUT2D eigenvalue weighted by molar-refractivity contribution is 5.76. The van der Waals surface area contributed by atoms with Gasteiger partial charge in [-0.05, 0) is 44.1 Å². The van der Waals surface area contributed by atoms with Crippen LogP contribution in [0.4, 0.5) is 13.2 Å². The standard InChI is InChI=1S/C18H27F3N2O/c1-14(2)8-9-17(24)23(11-10-22(3)4)13-15-6-5-7-16(12-15)18(19,20)21/h5-7,12,14H,8-11,13H2,1-4H3. The van der Waals surface area contributed by atoms with E-state index in [1.165, 1.54) is 6.07 Å². The second-order valence-corrected chi connectivity index (χ2v) is 6.75. The van der Waals surface area contributed by atoms with Crippen molar-refractivity contribution in [3.8, 4) is 0 Å². The minimum Gasteiger partial charge on any atom is -0.337 e. The van der Waals surface area contributed by atoms with Crippen LogP contribution in [-0.2, 0) is 17.5 Å². The van der Waals surface area contributed by atoms with Gasteiger partial charge < -0.3 is 9.80 Å². The molecule has 0 bridgehead atoms. The van der Waals surface area contributed by atoms with Crippen LogP contribution >= 0.6 is 0 Å². The van der Waals surface area contributed by atoms with Crippen LogP contribution in [0.2, 0.25) is 0 Å². The number of hydrogen-bond donors (Lipinski definition) is 0. The molecule has 0 saturated carbocycles. The quantitative estimate of drug-likeness (QED) is 0.711. The molecule has 0 saturated heterocycles. The van der Waals surface area contributed by atoms with E-state index in [4.69, 9.17) is 0 Å². The Kier molecular flexibility index (Phi) is 7.73. The number of hydrogen-bond acceptors (Lipinski definition) is 2. The highest BCUT2D eigenvalue weighted by atomic mass is 19.4. The van der Waals surface area contributed by atoms with Crippen molar-refractivity contribution in [3.63, 3.8) is 0 Å². The number of rotatable bonds is 8. The Balaban J connectivity index is 2.85. The molecule has 24 heavy (non-hydrogen) atoms. The average molecular weight is 344 g/mol. The lowest BCUT2D eigenvalue weighted by molar-refractivity contribution is -0.137. The molecule has 1 amide bonds. The molecule has 0 heterocycles. The van der Waals surface area contributed by atoms with Crippen LogP contribution in [0.25, 0.3) is 0 Å². The van der Waals surface area contributed by atoms with E-state index in [0.717, 1.165) is 18.6 Å². The van der Waals surface area contributed by atoms with Gasteiger partial charge in [0.2, 0.25) is 5.91 Å². The normalized spacial score (nSPS) is 12.0. The fourth-order valence-electron chi connectivity index (χ4n) is 2.25. The van der Waals surface area contributed by atoms with Gasteiger partial charge in [0.25, 0.3) is 0 Å². The second kappa shape index (κ2) is 9.06. The van der Waals surface area contributed by atoms with Crippen LogP contribution in [0.5, 0.6) is 0 Å². The molecule has 3 nitrogen and oxygen atoms in total. The number of carbonyl (C=O) groups is 1. The molecule has 0 aliphatic carbocycles. The first kappa shape index (κ1) is 20.5. The molecule has 136 valence electrons. The number of carbonyl (C=O) groups excluding carboxylic acids is 1. The fourth-order valence-corrected chi connectivity index (χ4v) is 2.25. The Morgan fingerprint density at radius 1 is 1.17 bits per heavy atom. The van der Waals surface area contributed by atoms with Crippen LogP contribution in [0, 0.1) is 5.92 Å². The van der Waals surface area contributed by atoms with Crippen molar-refractivity contribution in [2.75, 3.05) is 27.2 Å². The summed E-state index contributed by atoms with van der Waals surface area (Å²) in [5.74, 6) is 0.404. The Morgan fingerprint density at radius 2 is 1.83 bits per heavy atom. The first-order valence-corrected chi connectivity index (χ1v) is 8.18. The predicted molar refractivity (Wildman–Crippen MR) is 89.5 cm³/mol. The zero-order valence-corrected chi connectivity index (χ0v) is 14.9. The number of nitrogens with zero attached hydrogens (tertiary/aromatic N) is 2. The molecular weight excluding hydrogens is 317 g/mol. The number of benzene rings is 1. The monoisotopic (exact) mass is 344 g/mol. The van der Waals surface area contributed by atoms with Gasteiger partial charge in [-0.25, -0.2) is 0 Å². The summed E-state index contributed by atoms with van der Waals surface area (Å²) in [6, 6.07) is 5.20. The van der Waals surface area contributed by atoms with E-state index in [1.54, 1.807) is 11.0 Å². The van der Waals surface area contributed by atoms with E-state index >= 15 is 0 Å². The van der Waals surface area contributed by atoms with E-state index in [-0.39, 0.29) is 12.5 Å². The molecule has 1 aromatic rings. The fraction of sp³-hybridized carbons (Fsp3) is 0.611. The smallest absolute Gasteiger partial charge is 0.337 e. The van der Waals surface area contributed by atoms with Crippen molar-refractivity contribution in [2.45, 2.75) is 39.4 Å². The summed E-state index contributed by atoms with van der Waals surface area (Å²) in [5.41, 5.74) is -0.177. The SMILES string of the molecule is CC(C)CCC(=O)N(CCN(C)C)Cc1cccc(C(F)(F)F)c1. The molecule has 0 spiro atoms. The molecule has 0 atom stereocenters. The summed E-state index contributed by atoms with van der Waals surface area (Å²) in [6.07, 6.45) is -3.17. The first-order valence-electron chi connectivity index (χ1n) is 8.18. The summed E-state index contributed by atoms with van der Waals surface area (Å²) in [4.78, 5) is 16.0. The van der Waals surface area contributed by atoms with E-state index in [2.05, 4.69) is 0 Å². The lowest BCUT2D eigenvalue weighted by Gasteiger charge is -2.25. The maximum absolute atomic E-state index is 12.8. The van der Waals surface area contributed by atoms with Gasteiger partial charge in [-0.1, -0.05) is 26.0 Å². The Morgan fingerprint density at radius 3 is 2.38 bits per heavy atom. The van der Waals surface area contributed by atoms with Crippen molar-refractivity contribution in [3.05, 3.63) is 35.4 Å². The molecule has 0 radical (unpaired) electrons. The number of halogens is 3. The topological polar surface area (TPSA) is 23.6 Å². The summed E-state index contributed by atoms with van der Waals surface area (Å²) in [5, 5.41) is 0. The van der Waals surface area contributed by atoms with E-state index in [0.29, 0.717) is 31.0 Å². The summed E-state index contributed by atoms with van der Waals surface area (Å²) in [6.45, 7) is 5.47. The molecule has 0 aromatic heterocycles. The van der Waals surface area contributed by atoms with E-state index < -0.39 is 11.7 Å². The van der Waals surface area contributed by atoms with Gasteiger partial charge in [-0.3, -0.25) is 4.79 Å². The molecule has 0 N–H and O–H groups in total. The van der Waals surface area contributed by atoms with Crippen molar-refractivity contribution < 1.29 is 18.0 Å². The van der Waals surface area contributed by atoms with Crippen LogP contribution < -0.4 is 0 Å². The van der Waals surface area contributed by atoms with E-state index in [1.807, 2.05) is 32.8 Å². The predicted octanol–water partition coefficient (Wildman–Crippen LogP) is 4.03. The highest BCUT2D eigenvalue weighted by Gasteiger charge is 2.30. The van der Waals surface area contributed by atoms with Crippen molar-refractivity contribution in [1.29, 1.82) is 0 Å². The zero-order chi connectivity index (χ0) is 18.3. The molecule has 6 heteroatoms. The Hall–Kier alpha value is -1.56. The summed E-state index contributed by atoms with van der Waals surface area (Å²) < 4.78 is 38.5. The lowest BCUT2D eigenvalue weighted by Crippen LogP contribution is -2.36. The van der Waals surface area contributed by atoms with Crippen LogP contribution in [0.1, 0.15) is 37.8 Å². The van der Waals surface area contributed by atoms with Crippen molar-refractivity contribution in [2.24, 2.45) is 5.92 Å². The molecular formula is C18H27F3N2O. The zero-order valence-electron chi connectivity index (χ0n) is 14.9. The maximum atomic E-state index is 12.8. The second-order valence-electron chi connectivity index (χ2n) is 6.75. The molecule has 0 aliphatic heterocycles. The third kappa shape index (κ3) is 7.34. The van der Waals surface area contributed by atoms with E-state index in [9.17, 15) is 18.0 Å². The first-order chi connectivity index (χ1) is 11.1. The third-order valence-electron chi connectivity index (χ3n) is 3.73. The van der Waals surface area contributed by atoms with Crippen LogP contribution in [-0.4, -0.2) is 42.9 Å². The van der Waals surface area contributed by atoms with Gasteiger partial charge >= 0.3 is 6.18 Å². The minimum absolute atomic E-state index is 0.0111. The third-order valence-corrected chi connectivity index (χ3v) is 3.73. The van der Waals surface area contributed by atoms with Gasteiger partial charge in [0.15, 0.2) is 0 Å². The molecule has 1 rings (SSSR count). The van der Waals surface area contributed by atoms with Gasteiger partial charge in [-0.15, -0.1) is 0 Å². The Bertz CT molecular complexity index is 527. The largest absolute Gasteiger partial charge is 0.416 e. The highest BCUT2D eigenvalue weighted by Crippen LogP contribution is 2.29.